The summed E-state index contributed by atoms with van der Waals surface area (Å²) in [4.78, 5) is 8.05. The second-order valence-electron chi connectivity index (χ2n) is 5.64. The quantitative estimate of drug-likeness (QED) is 0.772. The first-order valence-electron chi connectivity index (χ1n) is 7.72. The van der Waals surface area contributed by atoms with Gasteiger partial charge in [0.15, 0.2) is 0 Å². The molecule has 3 rings (SSSR count). The van der Waals surface area contributed by atoms with Crippen LogP contribution in [-0.4, -0.2) is 49.0 Å². The molecule has 2 aromatic rings. The average molecular weight is 367 g/mol. The van der Waals surface area contributed by atoms with Crippen LogP contribution in [0.1, 0.15) is 12.0 Å². The number of methoxy groups -OCH3 is 1. The lowest BCUT2D eigenvalue weighted by Gasteiger charge is -2.17. The van der Waals surface area contributed by atoms with Gasteiger partial charge in [-0.3, -0.25) is 0 Å². The first kappa shape index (κ1) is 17.6. The molecule has 0 bridgehead atoms. The van der Waals surface area contributed by atoms with Crippen LogP contribution < -0.4 is 9.47 Å². The van der Waals surface area contributed by atoms with E-state index in [1.54, 1.807) is 6.07 Å². The van der Waals surface area contributed by atoms with Gasteiger partial charge in [0.25, 0.3) is 11.8 Å². The molecule has 0 aliphatic carbocycles. The predicted molar refractivity (Wildman–Crippen MR) is 88.2 cm³/mol. The van der Waals surface area contributed by atoms with Gasteiger partial charge >= 0.3 is 0 Å². The minimum atomic E-state index is -3.55. The maximum absolute atomic E-state index is 13.2. The Morgan fingerprint density at radius 1 is 1.28 bits per heavy atom. The van der Waals surface area contributed by atoms with E-state index in [4.69, 9.17) is 9.47 Å². The van der Waals surface area contributed by atoms with E-state index in [1.807, 2.05) is 0 Å². The van der Waals surface area contributed by atoms with Gasteiger partial charge in [-0.2, -0.15) is 4.31 Å². The molecule has 134 valence electrons. The minimum Gasteiger partial charge on any atom is -0.477 e. The van der Waals surface area contributed by atoms with Gasteiger partial charge in [-0.05, 0) is 24.1 Å². The molecule has 0 amide bonds. The fraction of sp³-hybridized carbons (Fsp3) is 0.375. The molecule has 25 heavy (non-hydrogen) atoms. The molecule has 1 atom stereocenters. The Morgan fingerprint density at radius 3 is 2.76 bits per heavy atom. The summed E-state index contributed by atoms with van der Waals surface area (Å²) in [5.74, 6) is -0.209. The summed E-state index contributed by atoms with van der Waals surface area (Å²) in [5, 5.41) is 0. The Bertz CT molecular complexity index is 847. The maximum atomic E-state index is 13.2. The second-order valence-corrected chi connectivity index (χ2v) is 7.61. The van der Waals surface area contributed by atoms with E-state index >= 15 is 0 Å². The lowest BCUT2D eigenvalue weighted by Crippen LogP contribution is -2.32. The van der Waals surface area contributed by atoms with Crippen LogP contribution in [0.15, 0.2) is 36.7 Å². The molecule has 1 fully saturated rings. The lowest BCUT2D eigenvalue weighted by atomic mass is 10.2. The van der Waals surface area contributed by atoms with Crippen molar-refractivity contribution in [2.75, 3.05) is 20.2 Å². The Labute approximate surface area is 145 Å². The van der Waals surface area contributed by atoms with Crippen molar-refractivity contribution in [2.24, 2.45) is 0 Å². The molecule has 0 radical (unpaired) electrons. The first-order valence-corrected chi connectivity index (χ1v) is 9.33. The van der Waals surface area contributed by atoms with Crippen LogP contribution in [0.2, 0.25) is 0 Å². The maximum Gasteiger partial charge on any atom is 0.278 e. The van der Waals surface area contributed by atoms with E-state index in [1.165, 1.54) is 42.0 Å². The highest BCUT2D eigenvalue weighted by Gasteiger charge is 2.33. The molecule has 1 aliphatic rings. The smallest absolute Gasteiger partial charge is 0.278 e. The number of halogens is 1. The monoisotopic (exact) mass is 367 g/mol. The molecule has 1 aliphatic heterocycles. The zero-order valence-corrected chi connectivity index (χ0v) is 14.4. The molecule has 1 unspecified atom stereocenters. The van der Waals surface area contributed by atoms with Crippen molar-refractivity contribution in [1.29, 1.82) is 0 Å². The third-order valence-corrected chi connectivity index (χ3v) is 5.66. The molecule has 0 N–H and O–H groups in total. The third kappa shape index (κ3) is 4.23. The van der Waals surface area contributed by atoms with Gasteiger partial charge in [0.1, 0.15) is 11.9 Å². The lowest BCUT2D eigenvalue weighted by molar-refractivity contribution is 0.194. The molecule has 9 heteroatoms. The summed E-state index contributed by atoms with van der Waals surface area (Å²) in [5.41, 5.74) is 0.417. The number of ether oxygens (including phenoxy) is 2. The molecular weight excluding hydrogens is 349 g/mol. The molecular formula is C16H18FN3O4S. The molecule has 0 saturated carbocycles. The number of rotatable bonds is 6. The number of hydrogen-bond donors (Lipinski definition) is 0. The van der Waals surface area contributed by atoms with Crippen molar-refractivity contribution in [1.82, 2.24) is 14.3 Å². The normalized spacial score (nSPS) is 18.2. The van der Waals surface area contributed by atoms with Gasteiger partial charge in [-0.1, -0.05) is 12.1 Å². The van der Waals surface area contributed by atoms with Crippen molar-refractivity contribution < 1.29 is 22.3 Å². The standard InChI is InChI=1S/C16H18FN3O4S/c1-23-15-16(19-7-6-18-15)24-14-5-8-20(10-14)25(21,22)11-12-3-2-4-13(17)9-12/h2-4,6-7,9,14H,5,8,10-11H2,1H3. The van der Waals surface area contributed by atoms with Crippen molar-refractivity contribution in [3.8, 4) is 11.8 Å². The van der Waals surface area contributed by atoms with Crippen molar-refractivity contribution in [3.05, 3.63) is 48.0 Å². The van der Waals surface area contributed by atoms with E-state index in [0.717, 1.165) is 0 Å². The first-order chi connectivity index (χ1) is 12.0. The Hall–Kier alpha value is -2.26. The summed E-state index contributed by atoms with van der Waals surface area (Å²) >= 11 is 0. The van der Waals surface area contributed by atoms with Crippen LogP contribution in [-0.2, 0) is 15.8 Å². The topological polar surface area (TPSA) is 81.6 Å². The van der Waals surface area contributed by atoms with Crippen LogP contribution >= 0.6 is 0 Å². The van der Waals surface area contributed by atoms with Gasteiger partial charge < -0.3 is 9.47 Å². The van der Waals surface area contributed by atoms with E-state index in [-0.39, 0.29) is 30.2 Å². The van der Waals surface area contributed by atoms with E-state index in [0.29, 0.717) is 18.5 Å². The van der Waals surface area contributed by atoms with E-state index in [9.17, 15) is 12.8 Å². The minimum absolute atomic E-state index is 0.206. The number of benzene rings is 1. The molecule has 1 saturated heterocycles. The fourth-order valence-electron chi connectivity index (χ4n) is 2.67. The zero-order chi connectivity index (χ0) is 17.9. The van der Waals surface area contributed by atoms with Crippen LogP contribution in [0.3, 0.4) is 0 Å². The van der Waals surface area contributed by atoms with E-state index < -0.39 is 15.8 Å². The summed E-state index contributed by atoms with van der Waals surface area (Å²) in [6, 6.07) is 5.60. The SMILES string of the molecule is COc1nccnc1OC1CCN(S(=O)(=O)Cc2cccc(F)c2)C1. The van der Waals surface area contributed by atoms with Gasteiger partial charge in [0.05, 0.1) is 19.4 Å². The fourth-order valence-corrected chi connectivity index (χ4v) is 4.23. The van der Waals surface area contributed by atoms with Gasteiger partial charge in [-0.15, -0.1) is 0 Å². The molecule has 1 aromatic carbocycles. The Morgan fingerprint density at radius 2 is 2.04 bits per heavy atom. The molecule has 2 heterocycles. The van der Waals surface area contributed by atoms with Crippen molar-refractivity contribution >= 4 is 10.0 Å². The zero-order valence-electron chi connectivity index (χ0n) is 13.6. The Balaban J connectivity index is 1.65. The predicted octanol–water partition coefficient (Wildman–Crippen LogP) is 1.61. The summed E-state index contributed by atoms with van der Waals surface area (Å²) in [6.07, 6.45) is 3.15. The highest BCUT2D eigenvalue weighted by atomic mass is 32.2. The van der Waals surface area contributed by atoms with Crippen molar-refractivity contribution in [3.63, 3.8) is 0 Å². The largest absolute Gasteiger partial charge is 0.477 e. The number of aromatic nitrogens is 2. The van der Waals surface area contributed by atoms with Gasteiger partial charge in [-0.25, -0.2) is 22.8 Å². The summed E-state index contributed by atoms with van der Waals surface area (Å²) < 4.78 is 50.5. The number of sulfonamides is 1. The third-order valence-electron chi connectivity index (χ3n) is 3.84. The van der Waals surface area contributed by atoms with Gasteiger partial charge in [0, 0.05) is 18.9 Å². The highest BCUT2D eigenvalue weighted by molar-refractivity contribution is 7.88. The molecule has 0 spiro atoms. The number of nitrogens with zero attached hydrogens (tertiary/aromatic N) is 3. The average Bonchev–Trinajstić information content (AvgIpc) is 3.04. The van der Waals surface area contributed by atoms with E-state index in [2.05, 4.69) is 9.97 Å². The van der Waals surface area contributed by atoms with Crippen LogP contribution in [0.5, 0.6) is 11.8 Å². The second kappa shape index (κ2) is 7.32. The van der Waals surface area contributed by atoms with Crippen LogP contribution in [0.4, 0.5) is 4.39 Å². The number of hydrogen-bond acceptors (Lipinski definition) is 6. The molecule has 1 aromatic heterocycles. The molecule has 7 nitrogen and oxygen atoms in total. The van der Waals surface area contributed by atoms with Crippen LogP contribution in [0.25, 0.3) is 0 Å². The highest BCUT2D eigenvalue weighted by Crippen LogP contribution is 2.25. The Kier molecular flexibility index (Phi) is 5.14. The van der Waals surface area contributed by atoms with Crippen LogP contribution in [0, 0.1) is 5.82 Å². The van der Waals surface area contributed by atoms with Crippen molar-refractivity contribution in [2.45, 2.75) is 18.3 Å². The van der Waals surface area contributed by atoms with Gasteiger partial charge in [0.2, 0.25) is 10.0 Å². The summed E-state index contributed by atoms with van der Waals surface area (Å²) in [6.45, 7) is 0.544. The summed E-state index contributed by atoms with van der Waals surface area (Å²) in [7, 11) is -2.09.